The van der Waals surface area contributed by atoms with Crippen molar-refractivity contribution in [2.45, 2.75) is 13.8 Å². The molecule has 2 N–H and O–H groups in total. The number of aromatic nitrogens is 2. The minimum atomic E-state index is 0.751. The average molecular weight is 316 g/mol. The van der Waals surface area contributed by atoms with E-state index in [0.717, 1.165) is 38.3 Å². The van der Waals surface area contributed by atoms with Gasteiger partial charge in [0.15, 0.2) is 0 Å². The van der Waals surface area contributed by atoms with Crippen LogP contribution in [0.15, 0.2) is 41.0 Å². The maximum atomic E-state index is 5.95. The molecule has 0 atom stereocenters. The van der Waals surface area contributed by atoms with Crippen molar-refractivity contribution in [2.75, 3.05) is 5.73 Å². The third-order valence-electron chi connectivity index (χ3n) is 3.22. The number of pyridine rings is 1. The number of halogens is 1. The highest BCUT2D eigenvalue weighted by atomic mass is 79.9. The molecule has 0 radical (unpaired) electrons. The van der Waals surface area contributed by atoms with Gasteiger partial charge in [-0.2, -0.15) is 0 Å². The summed E-state index contributed by atoms with van der Waals surface area (Å²) < 4.78 is 3.14. The van der Waals surface area contributed by atoms with Gasteiger partial charge in [0, 0.05) is 21.9 Å². The molecular formula is C15H14BrN3. The van der Waals surface area contributed by atoms with Crippen molar-refractivity contribution in [1.82, 2.24) is 9.38 Å². The number of hydrogen-bond acceptors (Lipinski definition) is 2. The first-order valence-corrected chi connectivity index (χ1v) is 6.86. The van der Waals surface area contributed by atoms with Crippen molar-refractivity contribution in [3.05, 3.63) is 52.3 Å². The number of rotatable bonds is 1. The maximum absolute atomic E-state index is 5.95. The van der Waals surface area contributed by atoms with E-state index in [1.54, 1.807) is 0 Å². The number of nitrogen functional groups attached to an aromatic ring is 1. The molecule has 0 amide bonds. The van der Waals surface area contributed by atoms with Crippen LogP contribution in [0.4, 0.5) is 5.69 Å². The van der Waals surface area contributed by atoms with Gasteiger partial charge >= 0.3 is 0 Å². The van der Waals surface area contributed by atoms with Crippen LogP contribution in [0.25, 0.3) is 16.9 Å². The van der Waals surface area contributed by atoms with Crippen LogP contribution in [-0.4, -0.2) is 9.38 Å². The predicted molar refractivity (Wildman–Crippen MR) is 82.2 cm³/mol. The Morgan fingerprint density at radius 1 is 1.16 bits per heavy atom. The quantitative estimate of drug-likeness (QED) is 0.738. The summed E-state index contributed by atoms with van der Waals surface area (Å²) in [4.78, 5) is 4.65. The van der Waals surface area contributed by atoms with Gasteiger partial charge in [0.2, 0.25) is 0 Å². The van der Waals surface area contributed by atoms with E-state index in [4.69, 9.17) is 5.73 Å². The lowest BCUT2D eigenvalue weighted by Gasteiger charge is -2.06. The van der Waals surface area contributed by atoms with E-state index in [1.165, 1.54) is 0 Å². The summed E-state index contributed by atoms with van der Waals surface area (Å²) in [6.45, 7) is 4.06. The molecule has 0 spiro atoms. The molecule has 0 aliphatic heterocycles. The van der Waals surface area contributed by atoms with E-state index in [2.05, 4.69) is 37.4 Å². The summed E-state index contributed by atoms with van der Waals surface area (Å²) in [6, 6.07) is 10.2. The first kappa shape index (κ1) is 12.2. The monoisotopic (exact) mass is 315 g/mol. The second-order valence-corrected chi connectivity index (χ2v) is 5.62. The summed E-state index contributed by atoms with van der Waals surface area (Å²) in [6.07, 6.45) is 1.93. The Morgan fingerprint density at radius 3 is 2.53 bits per heavy atom. The molecule has 0 aliphatic carbocycles. The zero-order valence-corrected chi connectivity index (χ0v) is 12.4. The third-order valence-corrected chi connectivity index (χ3v) is 3.75. The molecular weight excluding hydrogens is 302 g/mol. The van der Waals surface area contributed by atoms with Gasteiger partial charge in [-0.15, -0.1) is 0 Å². The van der Waals surface area contributed by atoms with E-state index >= 15 is 0 Å². The number of anilines is 1. The number of imidazole rings is 1. The second-order valence-electron chi connectivity index (χ2n) is 4.70. The SMILES string of the molecule is Cc1nc2c(C)cc(N)cn2c1-c1ccc(Br)cc1. The Morgan fingerprint density at radius 2 is 1.84 bits per heavy atom. The first-order chi connectivity index (χ1) is 9.06. The third kappa shape index (κ3) is 2.02. The van der Waals surface area contributed by atoms with Gasteiger partial charge in [-0.05, 0) is 37.6 Å². The molecule has 0 fully saturated rings. The number of aryl methyl sites for hydroxylation is 2. The molecule has 0 aliphatic rings. The summed E-state index contributed by atoms with van der Waals surface area (Å²) in [5, 5.41) is 0. The molecule has 0 unspecified atom stereocenters. The van der Waals surface area contributed by atoms with E-state index < -0.39 is 0 Å². The Kier molecular flexibility index (Phi) is 2.82. The van der Waals surface area contributed by atoms with Crippen LogP contribution in [-0.2, 0) is 0 Å². The lowest BCUT2D eigenvalue weighted by atomic mass is 10.1. The Labute approximate surface area is 120 Å². The zero-order chi connectivity index (χ0) is 13.6. The van der Waals surface area contributed by atoms with E-state index in [-0.39, 0.29) is 0 Å². The van der Waals surface area contributed by atoms with E-state index in [0.29, 0.717) is 0 Å². The summed E-state index contributed by atoms with van der Waals surface area (Å²) in [7, 11) is 0. The van der Waals surface area contributed by atoms with Crippen molar-refractivity contribution in [3.8, 4) is 11.3 Å². The van der Waals surface area contributed by atoms with Crippen LogP contribution in [0.3, 0.4) is 0 Å². The van der Waals surface area contributed by atoms with Gasteiger partial charge in [0.1, 0.15) is 5.65 Å². The number of hydrogen-bond donors (Lipinski definition) is 1. The minimum absolute atomic E-state index is 0.751. The first-order valence-electron chi connectivity index (χ1n) is 6.07. The van der Waals surface area contributed by atoms with Crippen molar-refractivity contribution in [2.24, 2.45) is 0 Å². The normalized spacial score (nSPS) is 11.1. The second kappa shape index (κ2) is 4.38. The summed E-state index contributed by atoms with van der Waals surface area (Å²) in [5.41, 5.74) is 12.0. The predicted octanol–water partition coefficient (Wildman–Crippen LogP) is 3.96. The largest absolute Gasteiger partial charge is 0.398 e. The molecule has 2 aromatic heterocycles. The highest BCUT2D eigenvalue weighted by Gasteiger charge is 2.12. The van der Waals surface area contributed by atoms with E-state index in [1.807, 2.05) is 38.2 Å². The van der Waals surface area contributed by atoms with E-state index in [9.17, 15) is 0 Å². The maximum Gasteiger partial charge on any atom is 0.140 e. The summed E-state index contributed by atoms with van der Waals surface area (Å²) >= 11 is 3.46. The van der Waals surface area contributed by atoms with Crippen molar-refractivity contribution < 1.29 is 0 Å². The molecule has 0 bridgehead atoms. The number of fused-ring (bicyclic) bond motifs is 1. The number of nitrogens with two attached hydrogens (primary N) is 1. The molecule has 3 nitrogen and oxygen atoms in total. The Bertz CT molecular complexity index is 757. The van der Waals surface area contributed by atoms with Gasteiger partial charge in [0.25, 0.3) is 0 Å². The molecule has 4 heteroatoms. The standard InChI is InChI=1S/C15H14BrN3/c1-9-7-13(17)8-19-14(10(2)18-15(9)19)11-3-5-12(16)6-4-11/h3-8H,17H2,1-2H3. The van der Waals surface area contributed by atoms with Gasteiger partial charge in [-0.3, -0.25) is 4.40 Å². The van der Waals surface area contributed by atoms with Gasteiger partial charge in [-0.25, -0.2) is 4.98 Å². The number of benzene rings is 1. The molecule has 3 aromatic rings. The fraction of sp³-hybridized carbons (Fsp3) is 0.133. The van der Waals surface area contributed by atoms with Crippen LogP contribution in [0.1, 0.15) is 11.3 Å². The summed E-state index contributed by atoms with van der Waals surface area (Å²) in [5.74, 6) is 0. The van der Waals surface area contributed by atoms with Crippen LogP contribution in [0.2, 0.25) is 0 Å². The van der Waals surface area contributed by atoms with Gasteiger partial charge in [0.05, 0.1) is 11.4 Å². The minimum Gasteiger partial charge on any atom is -0.398 e. The van der Waals surface area contributed by atoms with Crippen LogP contribution >= 0.6 is 15.9 Å². The molecule has 1 aromatic carbocycles. The molecule has 3 rings (SSSR count). The van der Waals surface area contributed by atoms with Crippen LogP contribution < -0.4 is 5.73 Å². The lowest BCUT2D eigenvalue weighted by molar-refractivity contribution is 1.17. The topological polar surface area (TPSA) is 43.3 Å². The van der Waals surface area contributed by atoms with Crippen molar-refractivity contribution >= 4 is 27.3 Å². The fourth-order valence-electron chi connectivity index (χ4n) is 2.41. The van der Waals surface area contributed by atoms with Crippen LogP contribution in [0.5, 0.6) is 0 Å². The zero-order valence-electron chi connectivity index (χ0n) is 10.8. The van der Waals surface area contributed by atoms with Crippen molar-refractivity contribution in [1.29, 1.82) is 0 Å². The molecule has 96 valence electrons. The Balaban J connectivity index is 2.34. The van der Waals surface area contributed by atoms with Gasteiger partial charge < -0.3 is 5.73 Å². The highest BCUT2D eigenvalue weighted by Crippen LogP contribution is 2.28. The highest BCUT2D eigenvalue weighted by molar-refractivity contribution is 9.10. The van der Waals surface area contributed by atoms with Crippen LogP contribution in [0, 0.1) is 13.8 Å². The number of nitrogens with zero attached hydrogens (tertiary/aromatic N) is 2. The average Bonchev–Trinajstić information content (AvgIpc) is 2.67. The smallest absolute Gasteiger partial charge is 0.140 e. The molecule has 19 heavy (non-hydrogen) atoms. The van der Waals surface area contributed by atoms with Crippen molar-refractivity contribution in [3.63, 3.8) is 0 Å². The molecule has 0 saturated carbocycles. The lowest BCUT2D eigenvalue weighted by Crippen LogP contribution is -1.95. The molecule has 0 saturated heterocycles. The van der Waals surface area contributed by atoms with Gasteiger partial charge in [-0.1, -0.05) is 28.1 Å². The molecule has 2 heterocycles. The Hall–Kier alpha value is -1.81. The fourth-order valence-corrected chi connectivity index (χ4v) is 2.67.